The molecule has 0 atom stereocenters. The van der Waals surface area contributed by atoms with E-state index in [4.69, 9.17) is 26.6 Å². The Morgan fingerprint density at radius 1 is 0.562 bits per heavy atom. The van der Waals surface area contributed by atoms with Gasteiger partial charge in [-0.05, 0) is 0 Å². The summed E-state index contributed by atoms with van der Waals surface area (Å²) in [6.07, 6.45) is 0. The Bertz CT molecular complexity index is 146. The van der Waals surface area contributed by atoms with Crippen molar-refractivity contribution in [1.82, 2.24) is 0 Å². The molecule has 16 heavy (non-hydrogen) atoms. The predicted molar refractivity (Wildman–Crippen MR) is 56.9 cm³/mol. The van der Waals surface area contributed by atoms with Gasteiger partial charge in [0.1, 0.15) is 0 Å². The fourth-order valence-electron chi connectivity index (χ4n) is 0.942. The maximum Gasteiger partial charge on any atom is 1.00 e. The molecule has 0 bridgehead atoms. The van der Waals surface area contributed by atoms with E-state index in [9.17, 15) is 0 Å². The van der Waals surface area contributed by atoms with Gasteiger partial charge in [0.05, 0.1) is 0 Å². The van der Waals surface area contributed by atoms with Crippen LogP contribution in [0.15, 0.2) is 0 Å². The Labute approximate surface area is 111 Å². The molecule has 0 saturated carbocycles. The third kappa shape index (κ3) is 4.55. The van der Waals surface area contributed by atoms with Gasteiger partial charge in [0.2, 0.25) is 0 Å². The molecule has 0 aromatic rings. The monoisotopic (exact) mass is 263 g/mol. The van der Waals surface area contributed by atoms with Crippen molar-refractivity contribution in [3.8, 4) is 0 Å². The van der Waals surface area contributed by atoms with Gasteiger partial charge in [-0.3, -0.25) is 0 Å². The molecule has 0 unspecified atom stereocenters. The van der Waals surface area contributed by atoms with Crippen molar-refractivity contribution in [2.24, 2.45) is 0 Å². The largest absolute Gasteiger partial charge is 1.00 e. The molecule has 0 aromatic carbocycles. The molecular formula is C6H18LiNO6Si2. The van der Waals surface area contributed by atoms with E-state index < -0.39 is 17.9 Å². The van der Waals surface area contributed by atoms with Gasteiger partial charge < -0.3 is 31.2 Å². The Kier molecular flexibility index (Phi) is 10.5. The van der Waals surface area contributed by atoms with E-state index in [-0.39, 0.29) is 18.9 Å². The molecule has 0 aliphatic heterocycles. The van der Waals surface area contributed by atoms with Gasteiger partial charge in [0, 0.05) is 42.7 Å². The second-order valence-corrected chi connectivity index (χ2v) is 7.82. The van der Waals surface area contributed by atoms with Crippen molar-refractivity contribution in [2.75, 3.05) is 42.7 Å². The summed E-state index contributed by atoms with van der Waals surface area (Å²) in [5, 5.41) is 0. The van der Waals surface area contributed by atoms with Gasteiger partial charge in [-0.1, -0.05) is 0 Å². The van der Waals surface area contributed by atoms with E-state index in [1.54, 1.807) is 0 Å². The first-order valence-electron chi connectivity index (χ1n) is 4.12. The molecular weight excluding hydrogens is 245 g/mol. The van der Waals surface area contributed by atoms with Crippen LogP contribution in [0.4, 0.5) is 0 Å². The summed E-state index contributed by atoms with van der Waals surface area (Å²) < 4.78 is 34.9. The fraction of sp³-hybridized carbons (Fsp3) is 1.00. The smallest absolute Gasteiger partial charge is 0.523 e. The Balaban J connectivity index is 0. The van der Waals surface area contributed by atoms with Crippen LogP contribution in [-0.4, -0.2) is 60.6 Å². The van der Waals surface area contributed by atoms with Gasteiger partial charge in [-0.2, -0.15) is 0 Å². The molecule has 0 N–H and O–H groups in total. The summed E-state index contributed by atoms with van der Waals surface area (Å²) in [6, 6.07) is 0. The molecule has 0 radical (unpaired) electrons. The van der Waals surface area contributed by atoms with Gasteiger partial charge in [-0.15, -0.1) is 0 Å². The van der Waals surface area contributed by atoms with Crippen LogP contribution in [0, 0.1) is 0 Å². The second kappa shape index (κ2) is 8.79. The zero-order valence-corrected chi connectivity index (χ0v) is 12.9. The van der Waals surface area contributed by atoms with E-state index in [1.165, 1.54) is 42.7 Å². The SMILES string of the molecule is CO[Si]([N-][Si](OC)(OC)OC)(OC)OC.[Li+]. The van der Waals surface area contributed by atoms with E-state index >= 15 is 0 Å². The van der Waals surface area contributed by atoms with E-state index in [2.05, 4.69) is 4.65 Å². The predicted octanol–water partition coefficient (Wildman–Crippen LogP) is -2.89. The molecule has 0 aromatic heterocycles. The molecule has 0 spiro atoms. The average molecular weight is 263 g/mol. The maximum atomic E-state index is 5.12. The third-order valence-corrected chi connectivity index (χ3v) is 7.11. The molecule has 0 heterocycles. The Morgan fingerprint density at radius 2 is 0.750 bits per heavy atom. The molecule has 92 valence electrons. The molecule has 0 amide bonds. The van der Waals surface area contributed by atoms with Crippen LogP contribution >= 0.6 is 0 Å². The van der Waals surface area contributed by atoms with Crippen molar-refractivity contribution in [1.29, 1.82) is 0 Å². The third-order valence-electron chi connectivity index (χ3n) is 1.82. The molecule has 0 aliphatic carbocycles. The van der Waals surface area contributed by atoms with Gasteiger partial charge in [0.25, 0.3) is 0 Å². The first-order chi connectivity index (χ1) is 7.07. The summed E-state index contributed by atoms with van der Waals surface area (Å²) in [5.74, 6) is 0. The minimum atomic E-state index is -3.10. The molecule has 10 heteroatoms. The Hall–Kier alpha value is 0.751. The van der Waals surface area contributed by atoms with Crippen molar-refractivity contribution >= 4 is 17.9 Å². The second-order valence-electron chi connectivity index (χ2n) is 2.38. The topological polar surface area (TPSA) is 69.5 Å². The van der Waals surface area contributed by atoms with Crippen LogP contribution in [-0.2, 0) is 26.6 Å². The zero-order chi connectivity index (χ0) is 11.9. The molecule has 0 saturated heterocycles. The molecule has 0 fully saturated rings. The first-order valence-corrected chi connectivity index (χ1v) is 7.47. The number of hydrogen-bond donors (Lipinski definition) is 0. The summed E-state index contributed by atoms with van der Waals surface area (Å²) >= 11 is 0. The number of nitrogens with zero attached hydrogens (tertiary/aromatic N) is 1. The quantitative estimate of drug-likeness (QED) is 0.438. The van der Waals surface area contributed by atoms with Crippen molar-refractivity contribution < 1.29 is 45.4 Å². The van der Waals surface area contributed by atoms with Gasteiger partial charge >= 0.3 is 36.8 Å². The first kappa shape index (κ1) is 19.1. The van der Waals surface area contributed by atoms with Gasteiger partial charge in [0.15, 0.2) is 0 Å². The van der Waals surface area contributed by atoms with Crippen molar-refractivity contribution in [3.05, 3.63) is 4.65 Å². The minimum absolute atomic E-state index is 0. The normalized spacial score (nSPS) is 12.4. The van der Waals surface area contributed by atoms with Crippen LogP contribution in [0.3, 0.4) is 0 Å². The summed E-state index contributed by atoms with van der Waals surface area (Å²) in [7, 11) is 2.48. The van der Waals surface area contributed by atoms with Crippen LogP contribution in [0.25, 0.3) is 4.65 Å². The van der Waals surface area contributed by atoms with Crippen LogP contribution < -0.4 is 18.9 Å². The van der Waals surface area contributed by atoms with E-state index in [1.807, 2.05) is 0 Å². The summed E-state index contributed by atoms with van der Waals surface area (Å²) in [4.78, 5) is 0. The van der Waals surface area contributed by atoms with E-state index in [0.29, 0.717) is 0 Å². The molecule has 0 rings (SSSR count). The van der Waals surface area contributed by atoms with Crippen LogP contribution in [0.5, 0.6) is 0 Å². The van der Waals surface area contributed by atoms with E-state index in [0.717, 1.165) is 0 Å². The summed E-state index contributed by atoms with van der Waals surface area (Å²) in [5.41, 5.74) is 0. The van der Waals surface area contributed by atoms with Crippen LogP contribution in [0.2, 0.25) is 0 Å². The summed E-state index contributed by atoms with van der Waals surface area (Å²) in [6.45, 7) is 0. The maximum absolute atomic E-state index is 5.12. The fourth-order valence-corrected chi connectivity index (χ4v) is 5.47. The molecule has 7 nitrogen and oxygen atoms in total. The standard InChI is InChI=1S/C6H18NO6Si2.Li/c1-8-14(9-2,10-3)7-15(11-4,12-5)13-6;/h1-6H3;/q-1;+1. The number of hydrogen-bond acceptors (Lipinski definition) is 6. The van der Waals surface area contributed by atoms with Gasteiger partial charge in [-0.25, -0.2) is 0 Å². The minimum Gasteiger partial charge on any atom is -0.523 e. The van der Waals surface area contributed by atoms with Crippen LogP contribution in [0.1, 0.15) is 0 Å². The van der Waals surface area contributed by atoms with Crippen molar-refractivity contribution in [3.63, 3.8) is 0 Å². The Morgan fingerprint density at radius 3 is 0.875 bits per heavy atom. The van der Waals surface area contributed by atoms with Crippen molar-refractivity contribution in [2.45, 2.75) is 0 Å². The average Bonchev–Trinajstić information content (AvgIpc) is 2.33. The number of rotatable bonds is 8. The zero-order valence-electron chi connectivity index (χ0n) is 10.9. The molecule has 0 aliphatic rings.